The molecule has 0 aromatic heterocycles. The number of aromatic hydroxyl groups is 2. The Morgan fingerprint density at radius 1 is 0.773 bits per heavy atom. The number of benzene rings is 2. The van der Waals surface area contributed by atoms with E-state index in [1.807, 2.05) is 0 Å². The summed E-state index contributed by atoms with van der Waals surface area (Å²) >= 11 is 5.94. The molecule has 8 nitrogen and oxygen atoms in total. The number of hydrogen-bond acceptors (Lipinski definition) is 6. The molecule has 0 bridgehead atoms. The molecule has 114 valence electrons. The third-order valence-corrected chi connectivity index (χ3v) is 4.02. The highest BCUT2D eigenvalue weighted by atomic mass is 79.9. The molecule has 0 aliphatic heterocycles. The predicted molar refractivity (Wildman–Crippen MR) is 83.9 cm³/mol. The van der Waals surface area contributed by atoms with Crippen molar-refractivity contribution in [3.63, 3.8) is 0 Å². The van der Waals surface area contributed by atoms with E-state index < -0.39 is 9.85 Å². The van der Waals surface area contributed by atoms with Gasteiger partial charge in [0.15, 0.2) is 0 Å². The smallest absolute Gasteiger partial charge is 0.271 e. The molecule has 0 atom stereocenters. The molecule has 0 saturated carbocycles. The van der Waals surface area contributed by atoms with E-state index >= 15 is 0 Å². The van der Waals surface area contributed by atoms with Crippen molar-refractivity contribution >= 4 is 43.2 Å². The molecule has 2 N–H and O–H groups in total. The van der Waals surface area contributed by atoms with Crippen LogP contribution in [0.1, 0.15) is 0 Å². The van der Waals surface area contributed by atoms with Crippen molar-refractivity contribution in [2.24, 2.45) is 0 Å². The highest BCUT2D eigenvalue weighted by Gasteiger charge is 2.22. The van der Waals surface area contributed by atoms with E-state index in [0.717, 1.165) is 24.3 Å². The van der Waals surface area contributed by atoms with Crippen LogP contribution in [0.15, 0.2) is 33.2 Å². The fraction of sp³-hybridized carbons (Fsp3) is 0. The number of nitro benzene ring substituents is 2. The first kappa shape index (κ1) is 16.2. The van der Waals surface area contributed by atoms with Crippen LogP contribution in [-0.4, -0.2) is 20.1 Å². The minimum absolute atomic E-state index is 0.0266. The second-order valence-corrected chi connectivity index (χ2v) is 5.87. The Morgan fingerprint density at radius 2 is 1.09 bits per heavy atom. The van der Waals surface area contributed by atoms with Gasteiger partial charge in [-0.05, 0) is 31.9 Å². The van der Waals surface area contributed by atoms with Gasteiger partial charge in [0.1, 0.15) is 11.5 Å². The van der Waals surface area contributed by atoms with Crippen LogP contribution in [0.2, 0.25) is 0 Å². The molecule has 0 aliphatic carbocycles. The summed E-state index contributed by atoms with van der Waals surface area (Å²) in [4.78, 5) is 20.4. The summed E-state index contributed by atoms with van der Waals surface area (Å²) in [6, 6.07) is 4.21. The summed E-state index contributed by atoms with van der Waals surface area (Å²) in [6.07, 6.45) is 0. The van der Waals surface area contributed by atoms with Crippen molar-refractivity contribution in [1.82, 2.24) is 0 Å². The zero-order valence-corrected chi connectivity index (χ0v) is 13.7. The first-order valence-corrected chi connectivity index (χ1v) is 7.15. The maximum Gasteiger partial charge on any atom is 0.271 e. The number of rotatable bonds is 3. The Labute approximate surface area is 139 Å². The molecule has 2 aromatic rings. The van der Waals surface area contributed by atoms with E-state index in [4.69, 9.17) is 0 Å². The van der Waals surface area contributed by atoms with E-state index in [0.29, 0.717) is 0 Å². The number of phenols is 2. The number of halogens is 2. The minimum Gasteiger partial charge on any atom is -0.506 e. The molecule has 0 fully saturated rings. The Morgan fingerprint density at radius 3 is 1.36 bits per heavy atom. The standard InChI is InChI=1S/C12H6Br2N2O6/c13-9-3-5(15(19)20)1-7(11(9)17)8-2-6(16(21)22)4-10(14)12(8)18/h1-4,17-18H. The molecular formula is C12H6Br2N2O6. The maximum absolute atomic E-state index is 10.9. The summed E-state index contributed by atoms with van der Waals surface area (Å²) < 4.78 is 0.0532. The second-order valence-electron chi connectivity index (χ2n) is 4.16. The van der Waals surface area contributed by atoms with Gasteiger partial charge in [0.2, 0.25) is 0 Å². The maximum atomic E-state index is 10.9. The Balaban J connectivity index is 2.81. The van der Waals surface area contributed by atoms with Gasteiger partial charge < -0.3 is 10.2 Å². The average Bonchev–Trinajstić information content (AvgIpc) is 2.44. The number of non-ortho nitro benzene ring substituents is 2. The van der Waals surface area contributed by atoms with E-state index in [9.17, 15) is 30.4 Å². The van der Waals surface area contributed by atoms with E-state index in [1.54, 1.807) is 0 Å². The number of nitro groups is 2. The van der Waals surface area contributed by atoms with Crippen molar-refractivity contribution < 1.29 is 20.1 Å². The lowest BCUT2D eigenvalue weighted by molar-refractivity contribution is -0.385. The van der Waals surface area contributed by atoms with Gasteiger partial charge in [-0.25, -0.2) is 0 Å². The number of phenolic OH excluding ortho intramolecular Hbond substituents is 2. The molecule has 0 heterocycles. The molecule has 0 aliphatic rings. The van der Waals surface area contributed by atoms with Crippen LogP contribution in [0.4, 0.5) is 11.4 Å². The normalized spacial score (nSPS) is 10.5. The molecule has 0 unspecified atom stereocenters. The van der Waals surface area contributed by atoms with Crippen LogP contribution in [-0.2, 0) is 0 Å². The Kier molecular flexibility index (Phi) is 4.33. The quantitative estimate of drug-likeness (QED) is 0.553. The van der Waals surface area contributed by atoms with Crippen LogP contribution in [0.5, 0.6) is 11.5 Å². The summed E-state index contributed by atoms with van der Waals surface area (Å²) in [5, 5.41) is 41.9. The third-order valence-electron chi connectivity index (χ3n) is 2.81. The van der Waals surface area contributed by atoms with Gasteiger partial charge in [0, 0.05) is 35.4 Å². The molecular weight excluding hydrogens is 428 g/mol. The topological polar surface area (TPSA) is 127 Å². The molecule has 0 amide bonds. The zero-order valence-electron chi connectivity index (χ0n) is 10.5. The first-order chi connectivity index (χ1) is 10.2. The molecule has 0 spiro atoms. The van der Waals surface area contributed by atoms with Crippen molar-refractivity contribution in [2.45, 2.75) is 0 Å². The van der Waals surface area contributed by atoms with Gasteiger partial charge in [-0.15, -0.1) is 0 Å². The highest BCUT2D eigenvalue weighted by molar-refractivity contribution is 9.11. The molecule has 2 rings (SSSR count). The van der Waals surface area contributed by atoms with E-state index in [1.165, 1.54) is 0 Å². The second kappa shape index (κ2) is 5.89. The van der Waals surface area contributed by atoms with Crippen LogP contribution in [0, 0.1) is 20.2 Å². The van der Waals surface area contributed by atoms with Gasteiger partial charge >= 0.3 is 0 Å². The van der Waals surface area contributed by atoms with Gasteiger partial charge in [-0.3, -0.25) is 20.2 Å². The molecule has 10 heteroatoms. The van der Waals surface area contributed by atoms with Gasteiger partial charge in [0.25, 0.3) is 11.4 Å². The fourth-order valence-electron chi connectivity index (χ4n) is 1.79. The van der Waals surface area contributed by atoms with Crippen molar-refractivity contribution in [2.75, 3.05) is 0 Å². The van der Waals surface area contributed by atoms with Crippen LogP contribution in [0.3, 0.4) is 0 Å². The summed E-state index contributed by atoms with van der Waals surface area (Å²) in [6.45, 7) is 0. The largest absolute Gasteiger partial charge is 0.506 e. The summed E-state index contributed by atoms with van der Waals surface area (Å²) in [5.41, 5.74) is -0.908. The predicted octanol–water partition coefficient (Wildman–Crippen LogP) is 4.11. The van der Waals surface area contributed by atoms with Crippen molar-refractivity contribution in [3.8, 4) is 22.6 Å². The lowest BCUT2D eigenvalue weighted by atomic mass is 10.0. The third kappa shape index (κ3) is 2.88. The van der Waals surface area contributed by atoms with Gasteiger partial charge in [-0.1, -0.05) is 0 Å². The van der Waals surface area contributed by atoms with Crippen LogP contribution >= 0.6 is 31.9 Å². The van der Waals surface area contributed by atoms with Gasteiger partial charge in [-0.2, -0.15) is 0 Å². The number of hydrogen-bond donors (Lipinski definition) is 2. The van der Waals surface area contributed by atoms with E-state index in [2.05, 4.69) is 31.9 Å². The molecule has 2 aromatic carbocycles. The summed E-state index contributed by atoms with van der Waals surface area (Å²) in [5.74, 6) is -0.762. The minimum atomic E-state index is -0.683. The lowest BCUT2D eigenvalue weighted by Gasteiger charge is -2.10. The van der Waals surface area contributed by atoms with Crippen LogP contribution < -0.4 is 0 Å². The lowest BCUT2D eigenvalue weighted by Crippen LogP contribution is -1.93. The first-order valence-electron chi connectivity index (χ1n) is 5.56. The summed E-state index contributed by atoms with van der Waals surface area (Å²) in [7, 11) is 0. The van der Waals surface area contributed by atoms with Crippen molar-refractivity contribution in [1.29, 1.82) is 0 Å². The number of nitrogens with zero attached hydrogens (tertiary/aromatic N) is 2. The molecule has 0 saturated heterocycles. The van der Waals surface area contributed by atoms with Crippen molar-refractivity contribution in [3.05, 3.63) is 53.4 Å². The molecule has 0 radical (unpaired) electrons. The zero-order chi connectivity index (χ0) is 16.6. The van der Waals surface area contributed by atoms with Gasteiger partial charge in [0.05, 0.1) is 18.8 Å². The Hall–Kier alpha value is -2.20. The van der Waals surface area contributed by atoms with Crippen LogP contribution in [0.25, 0.3) is 11.1 Å². The highest BCUT2D eigenvalue weighted by Crippen LogP contribution is 2.45. The SMILES string of the molecule is O=[N+]([O-])c1cc(Br)c(O)c(-c2cc([N+](=O)[O-])cc(Br)c2O)c1. The Bertz CT molecular complexity index is 741. The molecule has 22 heavy (non-hydrogen) atoms. The average molecular weight is 434 g/mol. The van der Waals surface area contributed by atoms with E-state index in [-0.39, 0.29) is 42.9 Å². The monoisotopic (exact) mass is 432 g/mol. The fourth-order valence-corrected chi connectivity index (χ4v) is 2.69.